The molecule has 1 saturated heterocycles. The minimum absolute atomic E-state index is 0.208. The van der Waals surface area contributed by atoms with Crippen LogP contribution >= 0.6 is 0 Å². The fraction of sp³-hybridized carbons (Fsp3) is 0.750. The highest BCUT2D eigenvalue weighted by Gasteiger charge is 2.65. The maximum Gasteiger partial charge on any atom is 0.330 e. The Kier molecular flexibility index (Phi) is 2.09. The van der Waals surface area contributed by atoms with Crippen molar-refractivity contribution in [1.29, 1.82) is 0 Å². The molecule has 0 aromatic rings. The molecule has 1 N–H and O–H groups in total. The summed E-state index contributed by atoms with van der Waals surface area (Å²) in [4.78, 5) is 36.6. The number of carbonyl (C=O) groups excluding carboxylic acids is 2. The molecule has 3 fully saturated rings. The Morgan fingerprint density at radius 1 is 1.12 bits per heavy atom. The molecule has 0 spiro atoms. The Hall–Kier alpha value is -1.39. The summed E-state index contributed by atoms with van der Waals surface area (Å²) in [7, 11) is 0. The molecule has 1 aliphatic heterocycles. The third-order valence-electron chi connectivity index (χ3n) is 4.37. The molecule has 2 unspecified atom stereocenters. The first kappa shape index (κ1) is 10.7. The highest BCUT2D eigenvalue weighted by atomic mass is 16.4. The molecule has 2 atom stereocenters. The lowest BCUT2D eigenvalue weighted by atomic mass is 9.80. The first-order chi connectivity index (χ1) is 8.08. The summed E-state index contributed by atoms with van der Waals surface area (Å²) in [5.74, 6) is -1.92. The average molecular weight is 237 g/mol. The monoisotopic (exact) mass is 237 g/mol. The van der Waals surface area contributed by atoms with Gasteiger partial charge in [-0.15, -0.1) is 0 Å². The van der Waals surface area contributed by atoms with Gasteiger partial charge in [0.2, 0.25) is 11.8 Å². The van der Waals surface area contributed by atoms with Crippen molar-refractivity contribution in [2.75, 3.05) is 0 Å². The predicted molar refractivity (Wildman–Crippen MR) is 56.9 cm³/mol. The van der Waals surface area contributed by atoms with Gasteiger partial charge in [0.05, 0.1) is 11.8 Å². The highest BCUT2D eigenvalue weighted by Crippen LogP contribution is 2.51. The molecule has 0 bridgehead atoms. The number of imide groups is 1. The summed E-state index contributed by atoms with van der Waals surface area (Å²) in [6, 6.07) is 0. The maximum atomic E-state index is 12.0. The van der Waals surface area contributed by atoms with Crippen LogP contribution in [-0.2, 0) is 14.4 Å². The zero-order valence-electron chi connectivity index (χ0n) is 9.52. The fourth-order valence-corrected chi connectivity index (χ4v) is 3.27. The number of fused-ring (bicyclic) bond motifs is 1. The van der Waals surface area contributed by atoms with Gasteiger partial charge in [0.25, 0.3) is 0 Å². The van der Waals surface area contributed by atoms with Gasteiger partial charge in [0, 0.05) is 0 Å². The Morgan fingerprint density at radius 2 is 1.65 bits per heavy atom. The number of rotatable bonds is 2. The summed E-state index contributed by atoms with van der Waals surface area (Å²) in [6.45, 7) is 0. The van der Waals surface area contributed by atoms with E-state index in [1.165, 1.54) is 0 Å². The van der Waals surface area contributed by atoms with Crippen LogP contribution in [0.5, 0.6) is 0 Å². The van der Waals surface area contributed by atoms with Crippen molar-refractivity contribution in [2.45, 2.75) is 44.1 Å². The summed E-state index contributed by atoms with van der Waals surface area (Å²) in [5.41, 5.74) is -1.24. The number of piperidine rings is 1. The molecule has 92 valence electrons. The van der Waals surface area contributed by atoms with Gasteiger partial charge in [-0.1, -0.05) is 19.3 Å². The molecule has 0 radical (unpaired) electrons. The van der Waals surface area contributed by atoms with Crippen molar-refractivity contribution in [2.24, 2.45) is 11.8 Å². The number of carboxylic acids is 1. The lowest BCUT2D eigenvalue weighted by Gasteiger charge is -2.40. The van der Waals surface area contributed by atoms with E-state index in [-0.39, 0.29) is 23.7 Å². The van der Waals surface area contributed by atoms with E-state index in [4.69, 9.17) is 0 Å². The third kappa shape index (κ3) is 1.28. The van der Waals surface area contributed by atoms with Crippen LogP contribution in [-0.4, -0.2) is 33.3 Å². The van der Waals surface area contributed by atoms with Crippen LogP contribution in [0.25, 0.3) is 0 Å². The van der Waals surface area contributed by atoms with Gasteiger partial charge < -0.3 is 5.11 Å². The molecule has 2 amide bonds. The van der Waals surface area contributed by atoms with Crippen molar-refractivity contribution < 1.29 is 19.5 Å². The van der Waals surface area contributed by atoms with Crippen LogP contribution in [0.2, 0.25) is 0 Å². The average Bonchev–Trinajstić information content (AvgIpc) is 3.05. The van der Waals surface area contributed by atoms with Gasteiger partial charge in [-0.2, -0.15) is 0 Å². The van der Waals surface area contributed by atoms with E-state index in [9.17, 15) is 19.5 Å². The van der Waals surface area contributed by atoms with Crippen molar-refractivity contribution >= 4 is 17.8 Å². The zero-order chi connectivity index (χ0) is 12.2. The zero-order valence-corrected chi connectivity index (χ0v) is 9.52. The highest BCUT2D eigenvalue weighted by molar-refractivity contribution is 6.12. The Morgan fingerprint density at radius 3 is 2.12 bits per heavy atom. The number of carboxylic acid groups (broad SMARTS) is 1. The largest absolute Gasteiger partial charge is 0.479 e. The number of aliphatic carboxylic acids is 1. The minimum atomic E-state index is -1.24. The maximum absolute atomic E-state index is 12.0. The number of hydrogen-bond acceptors (Lipinski definition) is 3. The molecule has 17 heavy (non-hydrogen) atoms. The molecule has 0 aromatic heterocycles. The van der Waals surface area contributed by atoms with E-state index < -0.39 is 11.5 Å². The van der Waals surface area contributed by atoms with Crippen LogP contribution in [0.1, 0.15) is 38.5 Å². The first-order valence-electron chi connectivity index (χ1n) is 6.19. The van der Waals surface area contributed by atoms with Crippen molar-refractivity contribution in [1.82, 2.24) is 4.90 Å². The molecule has 2 aliphatic carbocycles. The van der Waals surface area contributed by atoms with Crippen molar-refractivity contribution in [3.8, 4) is 0 Å². The van der Waals surface area contributed by atoms with Gasteiger partial charge in [-0.3, -0.25) is 14.5 Å². The minimum Gasteiger partial charge on any atom is -0.479 e. The van der Waals surface area contributed by atoms with Crippen LogP contribution in [0.4, 0.5) is 0 Å². The number of likely N-dealkylation sites (tertiary alicyclic amines) is 1. The van der Waals surface area contributed by atoms with E-state index >= 15 is 0 Å². The van der Waals surface area contributed by atoms with Crippen molar-refractivity contribution in [3.05, 3.63) is 0 Å². The van der Waals surface area contributed by atoms with Crippen LogP contribution in [0, 0.1) is 11.8 Å². The quantitative estimate of drug-likeness (QED) is 0.720. The lowest BCUT2D eigenvalue weighted by molar-refractivity contribution is -0.167. The van der Waals surface area contributed by atoms with E-state index in [1.807, 2.05) is 0 Å². The number of nitrogens with zero attached hydrogens (tertiary/aromatic N) is 1. The SMILES string of the molecule is O=C1C2CC2C(=O)N1C1(C(=O)O)CCCCC1. The second-order valence-electron chi connectivity index (χ2n) is 5.36. The molecule has 3 aliphatic rings. The van der Waals surface area contributed by atoms with Gasteiger partial charge in [-0.05, 0) is 19.3 Å². The van der Waals surface area contributed by atoms with Crippen LogP contribution < -0.4 is 0 Å². The van der Waals surface area contributed by atoms with E-state index in [0.717, 1.165) is 24.2 Å². The van der Waals surface area contributed by atoms with E-state index in [1.54, 1.807) is 0 Å². The second-order valence-corrected chi connectivity index (χ2v) is 5.36. The Labute approximate surface area is 98.8 Å². The first-order valence-corrected chi connectivity index (χ1v) is 6.19. The molecular formula is C12H15NO4. The molecule has 0 aromatic carbocycles. The topological polar surface area (TPSA) is 74.7 Å². The molecular weight excluding hydrogens is 222 g/mol. The third-order valence-corrected chi connectivity index (χ3v) is 4.37. The van der Waals surface area contributed by atoms with Gasteiger partial charge in [-0.25, -0.2) is 4.79 Å². The van der Waals surface area contributed by atoms with E-state index in [0.29, 0.717) is 19.3 Å². The summed E-state index contributed by atoms with van der Waals surface area (Å²) in [6.07, 6.45) is 4.00. The number of carbonyl (C=O) groups is 3. The van der Waals surface area contributed by atoms with Gasteiger partial charge in [0.1, 0.15) is 5.54 Å². The predicted octanol–water partition coefficient (Wildman–Crippen LogP) is 0.779. The summed E-state index contributed by atoms with van der Waals surface area (Å²) >= 11 is 0. The number of hydrogen-bond donors (Lipinski definition) is 1. The normalized spacial score (nSPS) is 34.7. The molecule has 5 nitrogen and oxygen atoms in total. The van der Waals surface area contributed by atoms with Gasteiger partial charge in [0.15, 0.2) is 0 Å². The molecule has 2 saturated carbocycles. The second kappa shape index (κ2) is 3.31. The Balaban J connectivity index is 1.96. The molecule has 3 rings (SSSR count). The van der Waals surface area contributed by atoms with Gasteiger partial charge >= 0.3 is 5.97 Å². The van der Waals surface area contributed by atoms with Crippen LogP contribution in [0.15, 0.2) is 0 Å². The smallest absolute Gasteiger partial charge is 0.330 e. The fourth-order valence-electron chi connectivity index (χ4n) is 3.27. The van der Waals surface area contributed by atoms with E-state index in [2.05, 4.69) is 0 Å². The number of amides is 2. The Bertz CT molecular complexity index is 391. The standard InChI is InChI=1S/C12H15NO4/c14-9-7-6-8(7)10(15)13(9)12(11(16)17)4-2-1-3-5-12/h7-8H,1-6H2,(H,16,17). The summed E-state index contributed by atoms with van der Waals surface area (Å²) in [5, 5.41) is 9.44. The van der Waals surface area contributed by atoms with Crippen LogP contribution in [0.3, 0.4) is 0 Å². The molecule has 5 heteroatoms. The molecule has 1 heterocycles. The summed E-state index contributed by atoms with van der Waals surface area (Å²) < 4.78 is 0. The van der Waals surface area contributed by atoms with Crippen molar-refractivity contribution in [3.63, 3.8) is 0 Å². The lowest BCUT2D eigenvalue weighted by Crippen LogP contribution is -2.59.